The summed E-state index contributed by atoms with van der Waals surface area (Å²) in [7, 11) is 0. The summed E-state index contributed by atoms with van der Waals surface area (Å²) in [6, 6.07) is 6.05. The predicted octanol–water partition coefficient (Wildman–Crippen LogP) is 2.58. The Morgan fingerprint density at radius 2 is 2.17 bits per heavy atom. The van der Waals surface area contributed by atoms with Gasteiger partial charge >= 0.3 is 5.69 Å². The van der Waals surface area contributed by atoms with Gasteiger partial charge in [0.15, 0.2) is 5.76 Å². The summed E-state index contributed by atoms with van der Waals surface area (Å²) >= 11 is 0. The van der Waals surface area contributed by atoms with Crippen LogP contribution in [0.25, 0.3) is 0 Å². The summed E-state index contributed by atoms with van der Waals surface area (Å²) in [6.45, 7) is 0. The number of carbonyl (C=O) groups excluding carboxylic acids is 1. The first-order valence-corrected chi connectivity index (χ1v) is 4.87. The number of nitro groups is 1. The molecule has 6 nitrogen and oxygen atoms in total. The summed E-state index contributed by atoms with van der Waals surface area (Å²) in [6.07, 6.45) is 1.32. The van der Waals surface area contributed by atoms with E-state index >= 15 is 0 Å². The van der Waals surface area contributed by atoms with Crippen LogP contribution in [0.2, 0.25) is 0 Å². The normalized spacial score (nSPS) is 10.1. The second kappa shape index (κ2) is 4.66. The summed E-state index contributed by atoms with van der Waals surface area (Å²) in [5, 5.41) is 12.9. The Labute approximate surface area is 100 Å². The van der Waals surface area contributed by atoms with Crippen LogP contribution in [0.4, 0.5) is 15.8 Å². The second-order valence-corrected chi connectivity index (χ2v) is 3.35. The lowest BCUT2D eigenvalue weighted by Gasteiger charge is -2.03. The molecule has 0 saturated heterocycles. The number of nitrogens with one attached hydrogen (secondary N) is 1. The van der Waals surface area contributed by atoms with Gasteiger partial charge < -0.3 is 9.73 Å². The number of halogens is 1. The lowest BCUT2D eigenvalue weighted by atomic mass is 10.2. The molecule has 92 valence electrons. The van der Waals surface area contributed by atoms with Gasteiger partial charge in [-0.25, -0.2) is 0 Å². The Morgan fingerprint density at radius 3 is 2.78 bits per heavy atom. The van der Waals surface area contributed by atoms with Gasteiger partial charge in [-0.15, -0.1) is 0 Å². The largest absolute Gasteiger partial charge is 0.459 e. The molecule has 0 radical (unpaired) electrons. The Kier molecular flexibility index (Phi) is 3.05. The highest BCUT2D eigenvalue weighted by molar-refractivity contribution is 6.02. The van der Waals surface area contributed by atoms with E-state index in [1.807, 2.05) is 0 Å². The molecule has 0 unspecified atom stereocenters. The number of anilines is 1. The topological polar surface area (TPSA) is 85.4 Å². The zero-order valence-corrected chi connectivity index (χ0v) is 8.92. The first-order valence-electron chi connectivity index (χ1n) is 4.87. The molecule has 1 amide bonds. The molecule has 7 heteroatoms. The van der Waals surface area contributed by atoms with Crippen LogP contribution in [0.5, 0.6) is 0 Å². The van der Waals surface area contributed by atoms with Gasteiger partial charge in [0.25, 0.3) is 5.91 Å². The number of hydrogen-bond donors (Lipinski definition) is 1. The molecule has 0 aliphatic heterocycles. The smallest absolute Gasteiger partial charge is 0.306 e. The van der Waals surface area contributed by atoms with Gasteiger partial charge in [-0.2, -0.15) is 4.39 Å². The molecule has 0 saturated carbocycles. The number of furan rings is 1. The monoisotopic (exact) mass is 250 g/mol. The maximum atomic E-state index is 13.1. The van der Waals surface area contributed by atoms with Crippen molar-refractivity contribution in [2.24, 2.45) is 0 Å². The van der Waals surface area contributed by atoms with Crippen LogP contribution >= 0.6 is 0 Å². The Bertz CT molecular complexity index is 595. The molecule has 2 aromatic rings. The maximum absolute atomic E-state index is 13.1. The third-order valence-electron chi connectivity index (χ3n) is 2.15. The SMILES string of the molecule is O=C(Nc1ccc(F)c([N+](=O)[O-])c1)c1ccco1. The van der Waals surface area contributed by atoms with Gasteiger partial charge in [0.2, 0.25) is 5.82 Å². The van der Waals surface area contributed by atoms with Gasteiger partial charge in [-0.3, -0.25) is 14.9 Å². The van der Waals surface area contributed by atoms with E-state index in [1.165, 1.54) is 24.5 Å². The van der Waals surface area contributed by atoms with Crippen molar-refractivity contribution >= 4 is 17.3 Å². The third-order valence-corrected chi connectivity index (χ3v) is 2.15. The summed E-state index contributed by atoms with van der Waals surface area (Å²) in [5.41, 5.74) is -0.586. The molecule has 1 N–H and O–H groups in total. The fourth-order valence-electron chi connectivity index (χ4n) is 1.33. The van der Waals surface area contributed by atoms with Gasteiger partial charge in [0, 0.05) is 11.8 Å². The molecule has 1 heterocycles. The van der Waals surface area contributed by atoms with Crippen LogP contribution in [-0.4, -0.2) is 10.8 Å². The highest BCUT2D eigenvalue weighted by Crippen LogP contribution is 2.22. The van der Waals surface area contributed by atoms with Crippen LogP contribution in [0.3, 0.4) is 0 Å². The molecule has 0 bridgehead atoms. The van der Waals surface area contributed by atoms with Crippen LogP contribution in [-0.2, 0) is 0 Å². The van der Waals surface area contributed by atoms with E-state index in [4.69, 9.17) is 4.42 Å². The average Bonchev–Trinajstić information content (AvgIpc) is 2.85. The minimum atomic E-state index is -0.962. The summed E-state index contributed by atoms with van der Waals surface area (Å²) in [4.78, 5) is 21.2. The number of benzene rings is 1. The number of carbonyl (C=O) groups is 1. The molecule has 0 atom stereocenters. The van der Waals surface area contributed by atoms with Gasteiger partial charge in [0.1, 0.15) is 0 Å². The van der Waals surface area contributed by atoms with Crippen LogP contribution in [0, 0.1) is 15.9 Å². The molecule has 0 aliphatic rings. The molecular weight excluding hydrogens is 243 g/mol. The number of rotatable bonds is 3. The summed E-state index contributed by atoms with van der Waals surface area (Å²) in [5.74, 6) is -1.47. The highest BCUT2D eigenvalue weighted by Gasteiger charge is 2.16. The van der Waals surface area contributed by atoms with Gasteiger partial charge in [-0.05, 0) is 24.3 Å². The van der Waals surface area contributed by atoms with Gasteiger partial charge in [-0.1, -0.05) is 0 Å². The molecular formula is C11H7FN2O4. The van der Waals surface area contributed by atoms with E-state index < -0.39 is 22.3 Å². The van der Waals surface area contributed by atoms with E-state index in [1.54, 1.807) is 0 Å². The first kappa shape index (κ1) is 11.8. The first-order chi connectivity index (χ1) is 8.58. The predicted molar refractivity (Wildman–Crippen MR) is 59.7 cm³/mol. The van der Waals surface area contributed by atoms with E-state index in [-0.39, 0.29) is 11.4 Å². The number of amides is 1. The second-order valence-electron chi connectivity index (χ2n) is 3.35. The highest BCUT2D eigenvalue weighted by atomic mass is 19.1. The standard InChI is InChI=1S/C11H7FN2O4/c12-8-4-3-7(6-9(8)14(16)17)13-11(15)10-2-1-5-18-10/h1-6H,(H,13,15). The van der Waals surface area contributed by atoms with E-state index in [0.717, 1.165) is 12.1 Å². The molecule has 1 aromatic heterocycles. The zero-order valence-electron chi connectivity index (χ0n) is 8.92. The maximum Gasteiger partial charge on any atom is 0.306 e. The number of hydrogen-bond acceptors (Lipinski definition) is 4. The van der Waals surface area contributed by atoms with Crippen LogP contribution in [0.1, 0.15) is 10.6 Å². The molecule has 0 fully saturated rings. The van der Waals surface area contributed by atoms with Crippen molar-refractivity contribution in [1.82, 2.24) is 0 Å². The van der Waals surface area contributed by atoms with Crippen molar-refractivity contribution in [3.63, 3.8) is 0 Å². The lowest BCUT2D eigenvalue weighted by molar-refractivity contribution is -0.387. The fourth-order valence-corrected chi connectivity index (χ4v) is 1.33. The molecule has 1 aromatic carbocycles. The van der Waals surface area contributed by atoms with E-state index in [9.17, 15) is 19.3 Å². The summed E-state index contributed by atoms with van der Waals surface area (Å²) < 4.78 is 17.9. The van der Waals surface area contributed by atoms with Crippen molar-refractivity contribution in [3.05, 3.63) is 58.3 Å². The molecule has 0 aliphatic carbocycles. The van der Waals surface area contributed by atoms with E-state index in [0.29, 0.717) is 0 Å². The molecule has 0 spiro atoms. The zero-order chi connectivity index (χ0) is 13.1. The van der Waals surface area contributed by atoms with Crippen molar-refractivity contribution in [2.45, 2.75) is 0 Å². The molecule has 18 heavy (non-hydrogen) atoms. The van der Waals surface area contributed by atoms with Crippen molar-refractivity contribution in [3.8, 4) is 0 Å². The Balaban J connectivity index is 2.22. The fraction of sp³-hybridized carbons (Fsp3) is 0. The Morgan fingerprint density at radius 1 is 1.39 bits per heavy atom. The van der Waals surface area contributed by atoms with Crippen molar-refractivity contribution < 1.29 is 18.5 Å². The third kappa shape index (κ3) is 2.34. The van der Waals surface area contributed by atoms with Gasteiger partial charge in [0.05, 0.1) is 11.2 Å². The lowest BCUT2D eigenvalue weighted by Crippen LogP contribution is -2.11. The van der Waals surface area contributed by atoms with E-state index in [2.05, 4.69) is 5.32 Å². The number of nitro benzene ring substituents is 1. The van der Waals surface area contributed by atoms with Crippen molar-refractivity contribution in [2.75, 3.05) is 5.32 Å². The van der Waals surface area contributed by atoms with Crippen LogP contribution in [0.15, 0.2) is 41.0 Å². The minimum Gasteiger partial charge on any atom is -0.459 e. The molecule has 2 rings (SSSR count). The Hall–Kier alpha value is -2.70. The minimum absolute atomic E-state index is 0.0574. The average molecular weight is 250 g/mol. The quantitative estimate of drug-likeness (QED) is 0.670. The van der Waals surface area contributed by atoms with Crippen LogP contribution < -0.4 is 5.32 Å². The van der Waals surface area contributed by atoms with Crippen molar-refractivity contribution in [1.29, 1.82) is 0 Å². The number of nitrogens with zero attached hydrogens (tertiary/aromatic N) is 1.